The van der Waals surface area contributed by atoms with E-state index in [1.54, 1.807) is 7.11 Å². The molecule has 1 aromatic carbocycles. The lowest BCUT2D eigenvalue weighted by Gasteiger charge is -2.27. The SMILES string of the molecule is COc1ccc2nc(N(CCCN3CCOCC3)C(=O)c3sc(C)nc3C)sc2c1.Cl. The summed E-state index contributed by atoms with van der Waals surface area (Å²) in [6.07, 6.45) is 0.877. The Morgan fingerprint density at radius 1 is 1.23 bits per heavy atom. The third-order valence-electron chi connectivity index (χ3n) is 5.12. The van der Waals surface area contributed by atoms with Crippen molar-refractivity contribution in [3.05, 3.63) is 33.8 Å². The first-order chi connectivity index (χ1) is 14.5. The van der Waals surface area contributed by atoms with Crippen LogP contribution < -0.4 is 9.64 Å². The first-order valence-corrected chi connectivity index (χ1v) is 11.7. The average molecular weight is 483 g/mol. The van der Waals surface area contributed by atoms with Crippen LogP contribution in [0.3, 0.4) is 0 Å². The molecule has 0 unspecified atom stereocenters. The van der Waals surface area contributed by atoms with Gasteiger partial charge in [0.05, 0.1) is 41.2 Å². The zero-order chi connectivity index (χ0) is 21.1. The van der Waals surface area contributed by atoms with Gasteiger partial charge in [-0.3, -0.25) is 14.6 Å². The van der Waals surface area contributed by atoms with Crippen LogP contribution in [0.25, 0.3) is 10.2 Å². The highest BCUT2D eigenvalue weighted by Gasteiger charge is 2.25. The summed E-state index contributed by atoms with van der Waals surface area (Å²) in [5, 5.41) is 1.62. The Morgan fingerprint density at radius 3 is 2.68 bits per heavy atom. The lowest BCUT2D eigenvalue weighted by Crippen LogP contribution is -2.39. The number of anilines is 1. The Balaban J connectivity index is 0.00000272. The van der Waals surface area contributed by atoms with Crippen LogP contribution in [0.5, 0.6) is 5.75 Å². The van der Waals surface area contributed by atoms with Crippen molar-refractivity contribution in [2.45, 2.75) is 20.3 Å². The molecule has 10 heteroatoms. The molecule has 168 valence electrons. The van der Waals surface area contributed by atoms with Gasteiger partial charge in [0.1, 0.15) is 10.6 Å². The summed E-state index contributed by atoms with van der Waals surface area (Å²) in [4.78, 5) is 27.6. The fraction of sp³-hybridized carbons (Fsp3) is 0.476. The van der Waals surface area contributed by atoms with Crippen molar-refractivity contribution in [1.29, 1.82) is 0 Å². The van der Waals surface area contributed by atoms with E-state index in [4.69, 9.17) is 14.5 Å². The number of halogens is 1. The van der Waals surface area contributed by atoms with E-state index in [0.717, 1.165) is 71.1 Å². The molecule has 3 heterocycles. The van der Waals surface area contributed by atoms with Crippen LogP contribution in [0.4, 0.5) is 5.13 Å². The lowest BCUT2D eigenvalue weighted by atomic mass is 10.3. The number of hydrogen-bond donors (Lipinski definition) is 0. The number of nitrogens with zero attached hydrogens (tertiary/aromatic N) is 4. The van der Waals surface area contributed by atoms with Crippen LogP contribution >= 0.6 is 35.1 Å². The van der Waals surface area contributed by atoms with Crippen LogP contribution in [-0.4, -0.2) is 67.3 Å². The summed E-state index contributed by atoms with van der Waals surface area (Å²) in [6, 6.07) is 5.80. The van der Waals surface area contributed by atoms with Gasteiger partial charge in [0, 0.05) is 26.2 Å². The fourth-order valence-corrected chi connectivity index (χ4v) is 5.44. The molecule has 31 heavy (non-hydrogen) atoms. The number of rotatable bonds is 7. The maximum absolute atomic E-state index is 13.5. The number of aromatic nitrogens is 2. The molecule has 4 rings (SSSR count). The number of amides is 1. The number of aryl methyl sites for hydroxylation is 2. The number of benzene rings is 1. The standard InChI is InChI=1S/C21H26N4O3S2.ClH/c1-14-19(29-15(2)22-14)20(26)25(8-4-7-24-9-11-28-12-10-24)21-23-17-6-5-16(27-3)13-18(17)30-21;/h5-6,13H,4,7-12H2,1-3H3;1H. The van der Waals surface area contributed by atoms with Gasteiger partial charge in [-0.2, -0.15) is 0 Å². The van der Waals surface area contributed by atoms with Crippen LogP contribution in [0.1, 0.15) is 26.8 Å². The third-order valence-corrected chi connectivity index (χ3v) is 7.22. The first-order valence-electron chi connectivity index (χ1n) is 10.1. The molecule has 1 aliphatic rings. The van der Waals surface area contributed by atoms with Crippen molar-refractivity contribution in [2.24, 2.45) is 0 Å². The maximum Gasteiger partial charge on any atom is 0.272 e. The van der Waals surface area contributed by atoms with Crippen molar-refractivity contribution in [3.63, 3.8) is 0 Å². The minimum absolute atomic E-state index is 0. The molecule has 3 aromatic rings. The summed E-state index contributed by atoms with van der Waals surface area (Å²) in [5.41, 5.74) is 1.66. The highest BCUT2D eigenvalue weighted by Crippen LogP contribution is 2.33. The van der Waals surface area contributed by atoms with Gasteiger partial charge in [0.25, 0.3) is 5.91 Å². The largest absolute Gasteiger partial charge is 0.497 e. The number of methoxy groups -OCH3 is 1. The van der Waals surface area contributed by atoms with Gasteiger partial charge < -0.3 is 9.47 Å². The van der Waals surface area contributed by atoms with Gasteiger partial charge in [-0.1, -0.05) is 11.3 Å². The zero-order valence-corrected chi connectivity index (χ0v) is 20.4. The quantitative estimate of drug-likeness (QED) is 0.503. The molecule has 1 saturated heterocycles. The molecular weight excluding hydrogens is 456 g/mol. The molecular formula is C21H27ClN4O3S2. The van der Waals surface area contributed by atoms with E-state index in [0.29, 0.717) is 11.4 Å². The second kappa shape index (κ2) is 10.7. The highest BCUT2D eigenvalue weighted by atomic mass is 35.5. The van der Waals surface area contributed by atoms with Crippen molar-refractivity contribution in [3.8, 4) is 5.75 Å². The molecule has 1 fully saturated rings. The molecule has 7 nitrogen and oxygen atoms in total. The van der Waals surface area contributed by atoms with Gasteiger partial charge in [0.2, 0.25) is 0 Å². The smallest absolute Gasteiger partial charge is 0.272 e. The molecule has 0 radical (unpaired) electrons. The number of morpholine rings is 1. The molecule has 1 aliphatic heterocycles. The minimum Gasteiger partial charge on any atom is -0.497 e. The van der Waals surface area contributed by atoms with E-state index in [9.17, 15) is 4.79 Å². The molecule has 0 N–H and O–H groups in total. The van der Waals surface area contributed by atoms with Crippen LogP contribution in [0.2, 0.25) is 0 Å². The topological polar surface area (TPSA) is 67.8 Å². The number of fused-ring (bicyclic) bond motifs is 1. The molecule has 0 spiro atoms. The molecule has 0 bridgehead atoms. The Hall–Kier alpha value is -1.78. The summed E-state index contributed by atoms with van der Waals surface area (Å²) in [7, 11) is 1.65. The molecule has 1 amide bonds. The second-order valence-electron chi connectivity index (χ2n) is 7.24. The summed E-state index contributed by atoms with van der Waals surface area (Å²) in [6.45, 7) is 8.83. The molecule has 2 aromatic heterocycles. The second-order valence-corrected chi connectivity index (χ2v) is 9.45. The first kappa shape index (κ1) is 23.9. The van der Waals surface area contributed by atoms with Gasteiger partial charge in [-0.05, 0) is 38.5 Å². The number of ether oxygens (including phenoxy) is 2. The Morgan fingerprint density at radius 2 is 2.00 bits per heavy atom. The van der Waals surface area contributed by atoms with Gasteiger partial charge in [0.15, 0.2) is 5.13 Å². The minimum atomic E-state index is -0.0221. The Bertz CT molecular complexity index is 1030. The average Bonchev–Trinajstić information content (AvgIpc) is 3.33. The van der Waals surface area contributed by atoms with Crippen LogP contribution in [-0.2, 0) is 4.74 Å². The van der Waals surface area contributed by atoms with Gasteiger partial charge >= 0.3 is 0 Å². The van der Waals surface area contributed by atoms with E-state index in [1.165, 1.54) is 22.7 Å². The maximum atomic E-state index is 13.5. The fourth-order valence-electron chi connectivity index (χ4n) is 3.55. The predicted molar refractivity (Wildman–Crippen MR) is 129 cm³/mol. The summed E-state index contributed by atoms with van der Waals surface area (Å²) >= 11 is 2.97. The summed E-state index contributed by atoms with van der Waals surface area (Å²) in [5.74, 6) is 0.767. The third kappa shape index (κ3) is 5.53. The molecule has 0 aliphatic carbocycles. The van der Waals surface area contributed by atoms with Gasteiger partial charge in [-0.15, -0.1) is 23.7 Å². The van der Waals surface area contributed by atoms with Gasteiger partial charge in [-0.25, -0.2) is 9.97 Å². The predicted octanol–water partition coefficient (Wildman–Crippen LogP) is 4.17. The number of thiazole rings is 2. The van der Waals surface area contributed by atoms with E-state index >= 15 is 0 Å². The van der Waals surface area contributed by atoms with Crippen LogP contribution in [0, 0.1) is 13.8 Å². The Labute approximate surface area is 196 Å². The number of carbonyl (C=O) groups is 1. The van der Waals surface area contributed by atoms with Crippen molar-refractivity contribution < 1.29 is 14.3 Å². The monoisotopic (exact) mass is 482 g/mol. The molecule has 0 atom stereocenters. The van der Waals surface area contributed by atoms with Crippen molar-refractivity contribution in [1.82, 2.24) is 14.9 Å². The van der Waals surface area contributed by atoms with Crippen molar-refractivity contribution in [2.75, 3.05) is 51.4 Å². The zero-order valence-electron chi connectivity index (χ0n) is 17.9. The number of carbonyl (C=O) groups excluding carboxylic acids is 1. The van der Waals surface area contributed by atoms with E-state index in [1.807, 2.05) is 36.9 Å². The van der Waals surface area contributed by atoms with Crippen molar-refractivity contribution >= 4 is 56.3 Å². The highest BCUT2D eigenvalue weighted by molar-refractivity contribution is 7.22. The van der Waals surface area contributed by atoms with E-state index in [2.05, 4.69) is 9.88 Å². The van der Waals surface area contributed by atoms with E-state index in [-0.39, 0.29) is 18.3 Å². The molecule has 0 saturated carbocycles. The lowest BCUT2D eigenvalue weighted by molar-refractivity contribution is 0.0376. The van der Waals surface area contributed by atoms with E-state index < -0.39 is 0 Å². The summed E-state index contributed by atoms with van der Waals surface area (Å²) < 4.78 is 11.8. The number of hydrogen-bond acceptors (Lipinski definition) is 8. The Kier molecular flexibility index (Phi) is 8.23. The normalized spacial score (nSPS) is 14.4. The van der Waals surface area contributed by atoms with Crippen LogP contribution in [0.15, 0.2) is 18.2 Å².